The van der Waals surface area contributed by atoms with Crippen molar-refractivity contribution < 1.29 is 14.3 Å². The van der Waals surface area contributed by atoms with E-state index in [9.17, 15) is 9.59 Å². The molecule has 0 bridgehead atoms. The second-order valence-electron chi connectivity index (χ2n) is 8.24. The van der Waals surface area contributed by atoms with Crippen molar-refractivity contribution in [2.24, 2.45) is 17.3 Å². The van der Waals surface area contributed by atoms with Crippen molar-refractivity contribution in [3.8, 4) is 0 Å². The quantitative estimate of drug-likeness (QED) is 0.583. The van der Waals surface area contributed by atoms with Crippen molar-refractivity contribution in [1.29, 1.82) is 0 Å². The molecule has 1 saturated carbocycles. The Morgan fingerprint density at radius 1 is 1.04 bits per heavy atom. The predicted octanol–water partition coefficient (Wildman–Crippen LogP) is 4.88. The summed E-state index contributed by atoms with van der Waals surface area (Å²) in [5.74, 6) is 0.282. The molecule has 0 heterocycles. The Bertz CT molecular complexity index is 602. The van der Waals surface area contributed by atoms with Gasteiger partial charge in [0.15, 0.2) is 12.4 Å². The van der Waals surface area contributed by atoms with Crippen LogP contribution in [0.4, 0.5) is 0 Å². The maximum Gasteiger partial charge on any atom is 0.309 e. The van der Waals surface area contributed by atoms with E-state index in [1.54, 1.807) is 6.07 Å². The number of ether oxygens (including phenoxy) is 1. The van der Waals surface area contributed by atoms with Crippen LogP contribution in [0, 0.1) is 31.1 Å². The summed E-state index contributed by atoms with van der Waals surface area (Å²) in [6, 6.07) is 5.59. The van der Waals surface area contributed by atoms with Gasteiger partial charge in [0.05, 0.1) is 5.92 Å². The average molecular weight is 330 g/mol. The van der Waals surface area contributed by atoms with Gasteiger partial charge in [-0.3, -0.25) is 9.59 Å². The summed E-state index contributed by atoms with van der Waals surface area (Å²) in [6.45, 7) is 10.6. The molecule has 0 radical (unpaired) electrons. The second kappa shape index (κ2) is 7.50. The number of hydrogen-bond donors (Lipinski definition) is 0. The van der Waals surface area contributed by atoms with Gasteiger partial charge in [0.2, 0.25) is 0 Å². The Labute approximate surface area is 145 Å². The van der Waals surface area contributed by atoms with Crippen molar-refractivity contribution in [3.05, 3.63) is 34.9 Å². The summed E-state index contributed by atoms with van der Waals surface area (Å²) < 4.78 is 5.30. The number of carbonyl (C=O) groups excluding carboxylic acids is 2. The topological polar surface area (TPSA) is 43.4 Å². The Balaban J connectivity index is 1.83. The van der Waals surface area contributed by atoms with Gasteiger partial charge in [-0.2, -0.15) is 0 Å². The molecule has 0 saturated heterocycles. The van der Waals surface area contributed by atoms with Crippen LogP contribution in [0.5, 0.6) is 0 Å². The largest absolute Gasteiger partial charge is 0.457 e. The molecule has 0 atom stereocenters. The predicted molar refractivity (Wildman–Crippen MR) is 96.1 cm³/mol. The number of ketones is 1. The van der Waals surface area contributed by atoms with Crippen LogP contribution in [0.15, 0.2) is 18.2 Å². The van der Waals surface area contributed by atoms with Gasteiger partial charge in [-0.25, -0.2) is 0 Å². The van der Waals surface area contributed by atoms with Gasteiger partial charge in [-0.05, 0) is 68.1 Å². The maximum atomic E-state index is 12.2. The first-order valence-corrected chi connectivity index (χ1v) is 8.95. The van der Waals surface area contributed by atoms with Gasteiger partial charge < -0.3 is 4.74 Å². The van der Waals surface area contributed by atoms with Gasteiger partial charge in [-0.15, -0.1) is 0 Å². The van der Waals surface area contributed by atoms with E-state index in [1.807, 2.05) is 26.0 Å². The van der Waals surface area contributed by atoms with Gasteiger partial charge in [0, 0.05) is 5.56 Å². The molecule has 0 spiro atoms. The van der Waals surface area contributed by atoms with E-state index in [2.05, 4.69) is 20.8 Å². The fourth-order valence-electron chi connectivity index (χ4n) is 3.45. The molecule has 3 heteroatoms. The number of Topliss-reactive ketones (excluding diaryl/α,β-unsaturated/α-hetero) is 1. The summed E-state index contributed by atoms with van der Waals surface area (Å²) in [6.07, 6.45) is 3.87. The third-order valence-electron chi connectivity index (χ3n) is 5.46. The van der Waals surface area contributed by atoms with Crippen LogP contribution in [0.2, 0.25) is 0 Å². The Hall–Kier alpha value is -1.64. The highest BCUT2D eigenvalue weighted by Gasteiger charge is 2.33. The zero-order chi connectivity index (χ0) is 17.9. The van der Waals surface area contributed by atoms with Crippen LogP contribution in [-0.4, -0.2) is 18.4 Å². The first-order chi connectivity index (χ1) is 11.2. The van der Waals surface area contributed by atoms with Crippen molar-refractivity contribution in [2.75, 3.05) is 6.61 Å². The third-order valence-corrected chi connectivity index (χ3v) is 5.46. The lowest BCUT2D eigenvalue weighted by molar-refractivity contribution is -0.149. The number of hydrogen-bond acceptors (Lipinski definition) is 3. The summed E-state index contributed by atoms with van der Waals surface area (Å²) >= 11 is 0. The molecule has 1 fully saturated rings. The van der Waals surface area contributed by atoms with Crippen molar-refractivity contribution in [3.63, 3.8) is 0 Å². The summed E-state index contributed by atoms with van der Waals surface area (Å²) in [5, 5.41) is 0. The van der Waals surface area contributed by atoms with Gasteiger partial charge in [0.1, 0.15) is 0 Å². The van der Waals surface area contributed by atoms with Crippen LogP contribution in [0.3, 0.4) is 0 Å². The van der Waals surface area contributed by atoms with E-state index >= 15 is 0 Å². The fraction of sp³-hybridized carbons (Fsp3) is 0.619. The monoisotopic (exact) mass is 330 g/mol. The number of rotatable bonds is 4. The summed E-state index contributed by atoms with van der Waals surface area (Å²) in [5.41, 5.74) is 3.14. The molecule has 0 aliphatic heterocycles. The van der Waals surface area contributed by atoms with Gasteiger partial charge >= 0.3 is 5.97 Å². The van der Waals surface area contributed by atoms with E-state index in [0.29, 0.717) is 16.9 Å². The van der Waals surface area contributed by atoms with Gasteiger partial charge in [0.25, 0.3) is 0 Å². The fourth-order valence-corrected chi connectivity index (χ4v) is 3.45. The van der Waals surface area contributed by atoms with E-state index in [-0.39, 0.29) is 24.3 Å². The number of carbonyl (C=O) groups is 2. The van der Waals surface area contributed by atoms with Crippen LogP contribution in [0.1, 0.15) is 67.9 Å². The molecule has 132 valence electrons. The molecule has 1 aliphatic rings. The van der Waals surface area contributed by atoms with Crippen LogP contribution < -0.4 is 0 Å². The van der Waals surface area contributed by atoms with E-state index in [1.165, 1.54) is 0 Å². The third kappa shape index (κ3) is 4.68. The smallest absolute Gasteiger partial charge is 0.309 e. The molecule has 1 aliphatic carbocycles. The highest BCUT2D eigenvalue weighted by Crippen LogP contribution is 2.40. The minimum absolute atomic E-state index is 0.0452. The molecule has 2 rings (SSSR count). The van der Waals surface area contributed by atoms with Crippen molar-refractivity contribution >= 4 is 11.8 Å². The standard InChI is InChI=1S/C21H30O3/c1-14-6-7-17(12-15(14)2)19(22)13-24-20(23)16-8-10-18(11-9-16)21(3,4)5/h6-7,12,16,18H,8-11,13H2,1-5H3. The van der Waals surface area contributed by atoms with Crippen molar-refractivity contribution in [1.82, 2.24) is 0 Å². The minimum atomic E-state index is -0.209. The summed E-state index contributed by atoms with van der Waals surface area (Å²) in [4.78, 5) is 24.4. The van der Waals surface area contributed by atoms with E-state index < -0.39 is 0 Å². The molecule has 3 nitrogen and oxygen atoms in total. The lowest BCUT2D eigenvalue weighted by Crippen LogP contribution is -2.30. The Morgan fingerprint density at radius 2 is 1.67 bits per heavy atom. The molecule has 24 heavy (non-hydrogen) atoms. The van der Waals surface area contributed by atoms with Crippen LogP contribution in [-0.2, 0) is 9.53 Å². The first kappa shape index (κ1) is 18.7. The lowest BCUT2D eigenvalue weighted by atomic mass is 9.70. The molecule has 0 unspecified atom stereocenters. The zero-order valence-corrected chi connectivity index (χ0v) is 15.6. The molecule has 0 amide bonds. The molecule has 0 aromatic heterocycles. The summed E-state index contributed by atoms with van der Waals surface area (Å²) in [7, 11) is 0. The van der Waals surface area contributed by atoms with Gasteiger partial charge in [-0.1, -0.05) is 32.9 Å². The average Bonchev–Trinajstić information content (AvgIpc) is 2.54. The number of benzene rings is 1. The Morgan fingerprint density at radius 3 is 2.21 bits per heavy atom. The van der Waals surface area contributed by atoms with Crippen LogP contribution in [0.25, 0.3) is 0 Å². The zero-order valence-electron chi connectivity index (χ0n) is 15.6. The maximum absolute atomic E-state index is 12.2. The first-order valence-electron chi connectivity index (χ1n) is 8.95. The van der Waals surface area contributed by atoms with Crippen molar-refractivity contribution in [2.45, 2.75) is 60.3 Å². The number of esters is 1. The number of aryl methyl sites for hydroxylation is 2. The SMILES string of the molecule is Cc1ccc(C(=O)COC(=O)C2CCC(C(C)(C)C)CC2)cc1C. The molecular weight excluding hydrogens is 300 g/mol. The van der Waals surface area contributed by atoms with E-state index in [4.69, 9.17) is 4.74 Å². The highest BCUT2D eigenvalue weighted by atomic mass is 16.5. The normalized spacial score (nSPS) is 21.4. The second-order valence-corrected chi connectivity index (χ2v) is 8.24. The lowest BCUT2D eigenvalue weighted by Gasteiger charge is -2.36. The van der Waals surface area contributed by atoms with E-state index in [0.717, 1.165) is 36.8 Å². The molecular formula is C21H30O3. The Kier molecular flexibility index (Phi) is 5.84. The van der Waals surface area contributed by atoms with Crippen LogP contribution >= 0.6 is 0 Å². The molecule has 1 aromatic carbocycles. The molecule has 1 aromatic rings. The minimum Gasteiger partial charge on any atom is -0.457 e. The molecule has 0 N–H and O–H groups in total. The highest BCUT2D eigenvalue weighted by molar-refractivity contribution is 5.98.